The van der Waals surface area contributed by atoms with Crippen LogP contribution in [0.25, 0.3) is 68.1 Å². The van der Waals surface area contributed by atoms with Crippen molar-refractivity contribution in [1.82, 2.24) is 14.5 Å². The SMILES string of the molecule is C=C1/C=C\C=C/N(c2cc(-c3ccccc3)nc(-c3ccccc3)n2)c2ccc(-c3ccc4c(c3)c(=CC(=NCc3ccccc3)N=C(N)c3ccccc3)/c(=C\C=C/C)n4-c3ccccc3)cc21. The fourth-order valence-corrected chi connectivity index (χ4v) is 8.56. The number of fused-ring (bicyclic) bond motifs is 2. The third kappa shape index (κ3) is 9.57. The average molecular weight is 892 g/mol. The summed E-state index contributed by atoms with van der Waals surface area (Å²) in [7, 11) is 0. The van der Waals surface area contributed by atoms with E-state index in [1.165, 1.54) is 0 Å². The molecule has 69 heavy (non-hydrogen) atoms. The molecule has 0 saturated carbocycles. The lowest BCUT2D eigenvalue weighted by Gasteiger charge is -2.25. The molecule has 3 heterocycles. The van der Waals surface area contributed by atoms with Gasteiger partial charge in [0.2, 0.25) is 0 Å². The van der Waals surface area contributed by atoms with E-state index in [-0.39, 0.29) is 0 Å². The highest BCUT2D eigenvalue weighted by Crippen LogP contribution is 2.38. The summed E-state index contributed by atoms with van der Waals surface area (Å²) in [5.41, 5.74) is 18.4. The minimum Gasteiger partial charge on any atom is -0.383 e. The van der Waals surface area contributed by atoms with E-state index >= 15 is 0 Å². The largest absolute Gasteiger partial charge is 0.383 e. The molecule has 0 fully saturated rings. The molecule has 2 N–H and O–H groups in total. The van der Waals surface area contributed by atoms with Crippen LogP contribution in [0.1, 0.15) is 23.6 Å². The van der Waals surface area contributed by atoms with Gasteiger partial charge in [0, 0.05) is 50.8 Å². The highest BCUT2D eigenvalue weighted by molar-refractivity contribution is 6.17. The van der Waals surface area contributed by atoms with Crippen molar-refractivity contribution >= 4 is 51.8 Å². The van der Waals surface area contributed by atoms with Gasteiger partial charge in [-0.15, -0.1) is 0 Å². The van der Waals surface area contributed by atoms with Gasteiger partial charge in [-0.1, -0.05) is 183 Å². The number of anilines is 2. The van der Waals surface area contributed by atoms with Crippen molar-refractivity contribution in [2.75, 3.05) is 4.90 Å². The summed E-state index contributed by atoms with van der Waals surface area (Å²) >= 11 is 0. The van der Waals surface area contributed by atoms with E-state index in [4.69, 9.17) is 25.7 Å². The summed E-state index contributed by atoms with van der Waals surface area (Å²) in [6.07, 6.45) is 16.5. The zero-order valence-corrected chi connectivity index (χ0v) is 38.3. The Hall–Kier alpha value is -9.20. The molecule has 0 bridgehead atoms. The van der Waals surface area contributed by atoms with Crippen molar-refractivity contribution in [1.29, 1.82) is 0 Å². The lowest BCUT2D eigenvalue weighted by atomic mass is 9.95. The predicted molar refractivity (Wildman–Crippen MR) is 289 cm³/mol. The van der Waals surface area contributed by atoms with Gasteiger partial charge in [-0.2, -0.15) is 0 Å². The molecule has 0 aliphatic carbocycles. The normalized spacial score (nSPS) is 14.5. The van der Waals surface area contributed by atoms with Crippen LogP contribution < -0.4 is 21.2 Å². The lowest BCUT2D eigenvalue weighted by molar-refractivity contribution is 1.06. The van der Waals surface area contributed by atoms with Crippen molar-refractivity contribution in [2.45, 2.75) is 13.5 Å². The van der Waals surface area contributed by atoms with Gasteiger partial charge in [0.25, 0.3) is 0 Å². The predicted octanol–water partition coefficient (Wildman–Crippen LogP) is 12.8. The highest BCUT2D eigenvalue weighted by Gasteiger charge is 2.20. The second-order valence-electron chi connectivity index (χ2n) is 16.6. The number of rotatable bonds is 10. The maximum atomic E-state index is 6.75. The molecule has 0 unspecified atom stereocenters. The Morgan fingerprint density at radius 2 is 1.32 bits per heavy atom. The summed E-state index contributed by atoms with van der Waals surface area (Å²) in [6, 6.07) is 66.2. The van der Waals surface area contributed by atoms with Crippen molar-refractivity contribution in [3.05, 3.63) is 265 Å². The van der Waals surface area contributed by atoms with Gasteiger partial charge in [0.05, 0.1) is 28.8 Å². The van der Waals surface area contributed by atoms with Crippen LogP contribution in [0.3, 0.4) is 0 Å². The van der Waals surface area contributed by atoms with E-state index in [1.807, 2.05) is 128 Å². The topological polar surface area (TPSA) is 84.7 Å². The molecule has 0 saturated heterocycles. The van der Waals surface area contributed by atoms with Crippen LogP contribution in [-0.2, 0) is 6.54 Å². The van der Waals surface area contributed by atoms with Crippen LogP contribution in [0, 0.1) is 0 Å². The van der Waals surface area contributed by atoms with Gasteiger partial charge in [0.1, 0.15) is 11.7 Å². The molecule has 0 amide bonds. The number of aromatic nitrogens is 3. The van der Waals surface area contributed by atoms with Crippen LogP contribution in [0.5, 0.6) is 0 Å². The molecule has 7 heteroatoms. The molecule has 1 aliphatic rings. The van der Waals surface area contributed by atoms with Crippen molar-refractivity contribution in [2.24, 2.45) is 15.7 Å². The molecule has 0 spiro atoms. The fourth-order valence-electron chi connectivity index (χ4n) is 8.56. The third-order valence-corrected chi connectivity index (χ3v) is 12.0. The summed E-state index contributed by atoms with van der Waals surface area (Å²) in [5, 5.41) is 2.99. The lowest BCUT2D eigenvalue weighted by Crippen LogP contribution is -2.29. The number of hydrogen-bond acceptors (Lipinski definition) is 4. The zero-order valence-electron chi connectivity index (χ0n) is 38.3. The molecule has 2 aromatic heterocycles. The Morgan fingerprint density at radius 1 is 0.667 bits per heavy atom. The first kappa shape index (κ1) is 43.7. The number of nitrogens with two attached hydrogens (primary N) is 1. The molecule has 7 aromatic carbocycles. The maximum absolute atomic E-state index is 6.75. The number of nitrogens with zero attached hydrogens (tertiary/aromatic N) is 6. The number of aliphatic imine (C=N–C) groups is 2. The van der Waals surface area contributed by atoms with Crippen LogP contribution >= 0.6 is 0 Å². The van der Waals surface area contributed by atoms with Crippen LogP contribution in [0.15, 0.2) is 247 Å². The van der Waals surface area contributed by atoms with Crippen molar-refractivity contribution in [3.8, 4) is 39.5 Å². The minimum absolute atomic E-state index is 0.388. The molecule has 10 rings (SSSR count). The Bertz CT molecular complexity index is 3530. The fraction of sp³-hybridized carbons (Fsp3) is 0.0323. The second-order valence-corrected chi connectivity index (χ2v) is 16.6. The first-order valence-corrected chi connectivity index (χ1v) is 23.0. The summed E-state index contributed by atoms with van der Waals surface area (Å²) in [4.78, 5) is 22.5. The third-order valence-electron chi connectivity index (χ3n) is 12.0. The van der Waals surface area contributed by atoms with Crippen molar-refractivity contribution < 1.29 is 0 Å². The van der Waals surface area contributed by atoms with Gasteiger partial charge < -0.3 is 15.2 Å². The molecule has 7 nitrogen and oxygen atoms in total. The maximum Gasteiger partial charge on any atom is 0.162 e. The van der Waals surface area contributed by atoms with Crippen LogP contribution in [0.2, 0.25) is 0 Å². The number of amidine groups is 2. The van der Waals surface area contributed by atoms with Crippen LogP contribution in [0.4, 0.5) is 11.5 Å². The van der Waals surface area contributed by atoms with Gasteiger partial charge in [-0.05, 0) is 83.8 Å². The van der Waals surface area contributed by atoms with E-state index in [0.717, 1.165) is 88.9 Å². The molecule has 9 aromatic rings. The first-order chi connectivity index (χ1) is 34.0. The van der Waals surface area contributed by atoms with E-state index in [0.29, 0.717) is 24.0 Å². The number of benzene rings is 7. The number of allylic oxidation sites excluding steroid dienone is 6. The minimum atomic E-state index is 0.388. The molecular formula is C62H49N7. The van der Waals surface area contributed by atoms with Gasteiger partial charge in [-0.3, -0.25) is 4.99 Å². The first-order valence-electron chi connectivity index (χ1n) is 23.0. The van der Waals surface area contributed by atoms with Gasteiger partial charge in [-0.25, -0.2) is 15.0 Å². The van der Waals surface area contributed by atoms with Crippen molar-refractivity contribution in [3.63, 3.8) is 0 Å². The summed E-state index contributed by atoms with van der Waals surface area (Å²) < 4.78 is 2.30. The van der Waals surface area contributed by atoms with E-state index in [9.17, 15) is 0 Å². The summed E-state index contributed by atoms with van der Waals surface area (Å²) in [5.74, 6) is 2.29. The van der Waals surface area contributed by atoms with E-state index in [2.05, 4.69) is 138 Å². The average Bonchev–Trinajstić information content (AvgIpc) is 3.71. The van der Waals surface area contributed by atoms with Gasteiger partial charge in [0.15, 0.2) is 11.7 Å². The Balaban J connectivity index is 1.16. The number of para-hydroxylation sites is 1. The molecule has 0 radical (unpaired) electrons. The van der Waals surface area contributed by atoms with Crippen LogP contribution in [-0.4, -0.2) is 26.2 Å². The second kappa shape index (κ2) is 20.1. The number of hydrogen-bond donors (Lipinski definition) is 1. The summed E-state index contributed by atoms with van der Waals surface area (Å²) in [6.45, 7) is 7.04. The van der Waals surface area contributed by atoms with E-state index in [1.54, 1.807) is 0 Å². The smallest absolute Gasteiger partial charge is 0.162 e. The monoisotopic (exact) mass is 891 g/mol. The molecule has 332 valence electrons. The van der Waals surface area contributed by atoms with E-state index < -0.39 is 0 Å². The Kier molecular flexibility index (Phi) is 12.7. The standard InChI is InChI=1S/C62H49N7/c1-3-4-33-57-54(41-59(64-43-45-23-10-5-11-24-45)66-61(63)47-27-14-7-15-28-47)53-40-50(35-37-58(53)69(57)51-31-18-9-19-32-51)49-34-36-56-52(39-49)44(2)22-20-21-38-68(56)60-42-55(46-25-12-6-13-26-46)65-62(67-60)48-29-16-8-17-30-48/h3-42H,2,43H2,1H3,(H2,63,64,66)/b4-3-,22-20-,38-21-,54-41?,57-33+. The molecule has 0 atom stereocenters. The van der Waals surface area contributed by atoms with Gasteiger partial charge >= 0.3 is 0 Å². The highest BCUT2D eigenvalue weighted by atomic mass is 15.2. The Labute approximate surface area is 402 Å². The Morgan fingerprint density at radius 3 is 2.04 bits per heavy atom. The molecular weight excluding hydrogens is 843 g/mol. The zero-order chi connectivity index (χ0) is 46.9. The molecule has 1 aliphatic heterocycles. The quantitative estimate of drug-likeness (QED) is 0.109.